The van der Waals surface area contributed by atoms with Gasteiger partial charge in [-0.1, -0.05) is 42.5 Å². The molecule has 5 N–H and O–H groups in total. The van der Waals surface area contributed by atoms with Crippen molar-refractivity contribution >= 4 is 37.4 Å². The Hall–Kier alpha value is -3.15. The Balaban J connectivity index is 1.61. The molecule has 0 fully saturated rings. The predicted molar refractivity (Wildman–Crippen MR) is 151 cm³/mol. The smallest absolute Gasteiger partial charge is 0.241 e. The fourth-order valence-corrected chi connectivity index (χ4v) is 6.30. The molecule has 8 nitrogen and oxygen atoms in total. The lowest BCUT2D eigenvalue weighted by molar-refractivity contribution is 0.400. The summed E-state index contributed by atoms with van der Waals surface area (Å²) in [5, 5.41) is 11.8. The highest BCUT2D eigenvalue weighted by Gasteiger charge is 2.25. The predicted octanol–water partition coefficient (Wildman–Crippen LogP) is 3.49. The molecule has 1 heterocycles. The van der Waals surface area contributed by atoms with Crippen LogP contribution in [0, 0.1) is 5.41 Å². The quantitative estimate of drug-likeness (QED) is 0.125. The highest BCUT2D eigenvalue weighted by Crippen LogP contribution is 2.30. The van der Waals surface area contributed by atoms with Gasteiger partial charge in [-0.3, -0.25) is 5.41 Å². The molecule has 37 heavy (non-hydrogen) atoms. The zero-order valence-corrected chi connectivity index (χ0v) is 22.6. The number of hydrogen-bond acceptors (Lipinski definition) is 7. The minimum absolute atomic E-state index is 0.0324. The molecular formula is C27H32N6O2S2. The summed E-state index contributed by atoms with van der Waals surface area (Å²) >= 11 is 1.47. The number of nitrogens with two attached hydrogens (primary N) is 1. The number of para-hydroxylation sites is 1. The average Bonchev–Trinajstić information content (AvgIpc) is 3.31. The maximum atomic E-state index is 13.6. The normalized spacial score (nSPS) is 12.7. The second kappa shape index (κ2) is 11.9. The highest BCUT2D eigenvalue weighted by molar-refractivity contribution is 7.89. The molecule has 0 saturated heterocycles. The van der Waals surface area contributed by atoms with Crippen molar-refractivity contribution < 1.29 is 8.42 Å². The van der Waals surface area contributed by atoms with Crippen LogP contribution in [-0.2, 0) is 23.0 Å². The van der Waals surface area contributed by atoms with E-state index in [0.717, 1.165) is 34.4 Å². The zero-order chi connectivity index (χ0) is 26.4. The van der Waals surface area contributed by atoms with Gasteiger partial charge in [-0.25, -0.2) is 18.1 Å². The lowest BCUT2D eigenvalue weighted by atomic mass is 10.0. The summed E-state index contributed by atoms with van der Waals surface area (Å²) in [5.74, 6) is -0.0324. The number of nitrogens with zero attached hydrogens (tertiary/aromatic N) is 2. The van der Waals surface area contributed by atoms with Crippen LogP contribution in [0.4, 0.5) is 0 Å². The molecule has 0 bridgehead atoms. The van der Waals surface area contributed by atoms with E-state index in [-0.39, 0.29) is 10.7 Å². The number of fused-ring (bicyclic) bond motifs is 1. The molecule has 0 aliphatic carbocycles. The van der Waals surface area contributed by atoms with E-state index >= 15 is 0 Å². The summed E-state index contributed by atoms with van der Waals surface area (Å²) in [6.45, 7) is 2.28. The lowest BCUT2D eigenvalue weighted by Crippen LogP contribution is -2.30. The number of sulfonamides is 1. The number of benzene rings is 3. The first-order valence-electron chi connectivity index (χ1n) is 12.0. The fraction of sp³-hybridized carbons (Fsp3) is 0.259. The van der Waals surface area contributed by atoms with Gasteiger partial charge in [0.05, 0.1) is 21.2 Å². The molecule has 10 heteroatoms. The van der Waals surface area contributed by atoms with Crippen molar-refractivity contribution in [3.8, 4) is 0 Å². The van der Waals surface area contributed by atoms with Crippen LogP contribution in [0.5, 0.6) is 0 Å². The summed E-state index contributed by atoms with van der Waals surface area (Å²) in [6.07, 6.45) is 0.367. The molecule has 1 aromatic heterocycles. The van der Waals surface area contributed by atoms with E-state index in [1.54, 1.807) is 24.3 Å². The fourth-order valence-electron chi connectivity index (χ4n) is 3.93. The van der Waals surface area contributed by atoms with E-state index in [2.05, 4.69) is 14.9 Å². The molecule has 4 aromatic rings. The summed E-state index contributed by atoms with van der Waals surface area (Å²) in [7, 11) is 0.181. The van der Waals surface area contributed by atoms with Crippen LogP contribution in [0.25, 0.3) is 10.2 Å². The molecule has 0 aliphatic heterocycles. The van der Waals surface area contributed by atoms with E-state index in [0.29, 0.717) is 23.5 Å². The van der Waals surface area contributed by atoms with Gasteiger partial charge in [0.15, 0.2) is 0 Å². The number of aromatic nitrogens is 1. The van der Waals surface area contributed by atoms with Gasteiger partial charge >= 0.3 is 0 Å². The third kappa shape index (κ3) is 7.21. The van der Waals surface area contributed by atoms with Crippen molar-refractivity contribution in [2.75, 3.05) is 27.2 Å². The van der Waals surface area contributed by atoms with Gasteiger partial charge in [-0.2, -0.15) is 0 Å². The number of rotatable bonds is 12. The Morgan fingerprint density at radius 2 is 1.81 bits per heavy atom. The molecule has 1 atom stereocenters. The Kier molecular flexibility index (Phi) is 8.67. The summed E-state index contributed by atoms with van der Waals surface area (Å²) < 4.78 is 31.0. The van der Waals surface area contributed by atoms with E-state index in [1.807, 2.05) is 62.6 Å². The minimum Gasteiger partial charge on any atom is -0.384 e. The molecule has 0 amide bonds. The first kappa shape index (κ1) is 26.9. The Bertz CT molecular complexity index is 1450. The first-order chi connectivity index (χ1) is 17.7. The molecule has 194 valence electrons. The van der Waals surface area contributed by atoms with Crippen LogP contribution in [0.1, 0.15) is 27.7 Å². The van der Waals surface area contributed by atoms with Gasteiger partial charge in [0, 0.05) is 25.2 Å². The van der Waals surface area contributed by atoms with E-state index < -0.39 is 16.1 Å². The van der Waals surface area contributed by atoms with Crippen molar-refractivity contribution in [1.29, 1.82) is 5.41 Å². The van der Waals surface area contributed by atoms with E-state index in [9.17, 15) is 8.42 Å². The average molecular weight is 537 g/mol. The number of likely N-dealkylation sites (N-methyl/N-ethyl adjacent to an activating group) is 1. The maximum absolute atomic E-state index is 13.6. The van der Waals surface area contributed by atoms with Crippen LogP contribution in [0.2, 0.25) is 0 Å². The highest BCUT2D eigenvalue weighted by atomic mass is 32.2. The monoisotopic (exact) mass is 536 g/mol. The molecule has 0 spiro atoms. The van der Waals surface area contributed by atoms with Gasteiger partial charge in [0.2, 0.25) is 10.0 Å². The number of nitrogen functional groups attached to an aromatic ring is 1. The van der Waals surface area contributed by atoms with Crippen LogP contribution >= 0.6 is 11.3 Å². The molecule has 1 unspecified atom stereocenters. The molecule has 0 aliphatic rings. The zero-order valence-electron chi connectivity index (χ0n) is 20.9. The van der Waals surface area contributed by atoms with Crippen molar-refractivity contribution in [3.05, 3.63) is 94.5 Å². The Morgan fingerprint density at radius 1 is 1.05 bits per heavy atom. The van der Waals surface area contributed by atoms with Gasteiger partial charge in [0.25, 0.3) is 0 Å². The number of nitrogens with one attached hydrogen (secondary N) is 3. The number of thiazole rings is 1. The van der Waals surface area contributed by atoms with Crippen molar-refractivity contribution in [2.24, 2.45) is 5.73 Å². The van der Waals surface area contributed by atoms with Crippen molar-refractivity contribution in [2.45, 2.75) is 23.9 Å². The molecule has 0 saturated carbocycles. The van der Waals surface area contributed by atoms with Gasteiger partial charge in [-0.05, 0) is 62.0 Å². The standard InChI is InChI=1S/C27H32N6O2S2/c1-33(2)14-13-30-18-20-8-6-10-22(16-20)37(34,35)32-24(17-19-7-5-9-21(15-19)26(28)29)27-31-23-11-3-4-12-25(23)36-27/h3-12,15-16,24,30,32H,13-14,17-18H2,1-2H3,(H3,28,29). The second-order valence-corrected chi connectivity index (χ2v) is 11.9. The topological polar surface area (TPSA) is 124 Å². The summed E-state index contributed by atoms with van der Waals surface area (Å²) in [5.41, 5.74) is 8.86. The summed E-state index contributed by atoms with van der Waals surface area (Å²) in [6, 6.07) is 21.5. The second-order valence-electron chi connectivity index (χ2n) is 9.14. The van der Waals surface area contributed by atoms with Crippen LogP contribution in [-0.4, -0.2) is 51.3 Å². The third-order valence-electron chi connectivity index (χ3n) is 5.86. The Morgan fingerprint density at radius 3 is 2.57 bits per heavy atom. The number of hydrogen-bond donors (Lipinski definition) is 4. The van der Waals surface area contributed by atoms with Gasteiger partial charge < -0.3 is 16.0 Å². The Labute approximate surface area is 222 Å². The maximum Gasteiger partial charge on any atom is 0.241 e. The van der Waals surface area contributed by atoms with Gasteiger partial charge in [-0.15, -0.1) is 11.3 Å². The molecule has 4 rings (SSSR count). The van der Waals surface area contributed by atoms with Crippen molar-refractivity contribution in [1.82, 2.24) is 19.9 Å². The summed E-state index contributed by atoms with van der Waals surface area (Å²) in [4.78, 5) is 7.04. The lowest BCUT2D eigenvalue weighted by Gasteiger charge is -2.18. The van der Waals surface area contributed by atoms with Crippen LogP contribution in [0.3, 0.4) is 0 Å². The first-order valence-corrected chi connectivity index (χ1v) is 14.3. The van der Waals surface area contributed by atoms with Crippen molar-refractivity contribution in [3.63, 3.8) is 0 Å². The molecule has 0 radical (unpaired) electrons. The van der Waals surface area contributed by atoms with E-state index in [1.165, 1.54) is 11.3 Å². The SMILES string of the molecule is CN(C)CCNCc1cccc(S(=O)(=O)NC(Cc2cccc(C(=N)N)c2)c2nc3ccccc3s2)c1. The molecule has 3 aromatic carbocycles. The third-order valence-corrected chi connectivity index (χ3v) is 8.48. The minimum atomic E-state index is -3.84. The largest absolute Gasteiger partial charge is 0.384 e. The van der Waals surface area contributed by atoms with Crippen LogP contribution < -0.4 is 15.8 Å². The van der Waals surface area contributed by atoms with E-state index in [4.69, 9.17) is 16.1 Å². The van der Waals surface area contributed by atoms with Gasteiger partial charge in [0.1, 0.15) is 10.8 Å². The van der Waals surface area contributed by atoms with Crippen LogP contribution in [0.15, 0.2) is 77.7 Å². The molecular weight excluding hydrogens is 504 g/mol. The number of amidine groups is 1.